The number of carbonyl (C=O) groups excluding carboxylic acids is 3. The van der Waals surface area contributed by atoms with Gasteiger partial charge in [-0.3, -0.25) is 14.5 Å². The molecule has 1 saturated heterocycles. The highest BCUT2D eigenvalue weighted by Crippen LogP contribution is 2.28. The number of aromatic nitrogens is 2. The first-order valence-corrected chi connectivity index (χ1v) is 9.09. The third-order valence-electron chi connectivity index (χ3n) is 5.05. The number of carbonyl (C=O) groups is 3. The Morgan fingerprint density at radius 1 is 1.26 bits per heavy atom. The van der Waals surface area contributed by atoms with Crippen molar-refractivity contribution in [2.75, 3.05) is 19.6 Å². The molecule has 2 N–H and O–H groups in total. The van der Waals surface area contributed by atoms with Gasteiger partial charge in [0.25, 0.3) is 5.91 Å². The first-order chi connectivity index (χ1) is 13.1. The van der Waals surface area contributed by atoms with Gasteiger partial charge in [0.1, 0.15) is 0 Å². The highest BCUT2D eigenvalue weighted by Gasteiger charge is 2.29. The molecule has 1 aromatic heterocycles. The largest absolute Gasteiger partial charge is 0.349 e. The Morgan fingerprint density at radius 3 is 2.81 bits per heavy atom. The molecule has 2 aromatic rings. The number of rotatable bonds is 5. The van der Waals surface area contributed by atoms with Gasteiger partial charge in [-0.15, -0.1) is 0 Å². The van der Waals surface area contributed by atoms with Crippen molar-refractivity contribution in [1.29, 1.82) is 0 Å². The number of urea groups is 1. The highest BCUT2D eigenvalue weighted by atomic mass is 16.2. The molecule has 0 radical (unpaired) electrons. The Kier molecular flexibility index (Phi) is 4.39. The van der Waals surface area contributed by atoms with E-state index in [2.05, 4.69) is 15.7 Å². The van der Waals surface area contributed by atoms with Crippen LogP contribution in [0.5, 0.6) is 0 Å². The van der Waals surface area contributed by atoms with Crippen molar-refractivity contribution in [3.8, 4) is 5.69 Å². The van der Waals surface area contributed by atoms with Crippen LogP contribution in [-0.4, -0.2) is 52.2 Å². The number of para-hydroxylation sites is 1. The molecule has 1 aliphatic heterocycles. The minimum absolute atomic E-state index is 0.0150. The number of fused-ring (bicyclic) bond motifs is 1. The van der Waals surface area contributed by atoms with Crippen LogP contribution < -0.4 is 10.6 Å². The van der Waals surface area contributed by atoms with E-state index in [-0.39, 0.29) is 31.4 Å². The van der Waals surface area contributed by atoms with Gasteiger partial charge in [-0.2, -0.15) is 5.10 Å². The summed E-state index contributed by atoms with van der Waals surface area (Å²) in [6, 6.07) is 7.55. The molecule has 0 unspecified atom stereocenters. The standard InChI is InChI=1S/C19H21N5O3/c1-12-5-2-3-7-14(12)24-15-8-4-6-13(15)17(22-24)18(26)20-9-10-23-16(25)11-21-19(23)27/h2-3,5,7H,4,6,8-11H2,1H3,(H,20,26)(H,21,27). The summed E-state index contributed by atoms with van der Waals surface area (Å²) in [6.45, 7) is 2.39. The van der Waals surface area contributed by atoms with Crippen LogP contribution in [0.2, 0.25) is 0 Å². The van der Waals surface area contributed by atoms with Crippen molar-refractivity contribution in [3.63, 3.8) is 0 Å². The minimum Gasteiger partial charge on any atom is -0.349 e. The quantitative estimate of drug-likeness (QED) is 0.769. The van der Waals surface area contributed by atoms with E-state index in [4.69, 9.17) is 0 Å². The zero-order chi connectivity index (χ0) is 19.0. The van der Waals surface area contributed by atoms with Crippen LogP contribution in [0.15, 0.2) is 24.3 Å². The second-order valence-corrected chi connectivity index (χ2v) is 6.79. The summed E-state index contributed by atoms with van der Waals surface area (Å²) in [5.41, 5.74) is 4.59. The lowest BCUT2D eigenvalue weighted by atomic mass is 10.2. The van der Waals surface area contributed by atoms with E-state index in [1.54, 1.807) is 0 Å². The zero-order valence-corrected chi connectivity index (χ0v) is 15.1. The van der Waals surface area contributed by atoms with Gasteiger partial charge >= 0.3 is 6.03 Å². The summed E-state index contributed by atoms with van der Waals surface area (Å²) in [5, 5.41) is 9.83. The second kappa shape index (κ2) is 6.86. The van der Waals surface area contributed by atoms with E-state index in [0.717, 1.165) is 46.7 Å². The monoisotopic (exact) mass is 367 g/mol. The summed E-state index contributed by atoms with van der Waals surface area (Å²) in [7, 11) is 0. The maximum Gasteiger partial charge on any atom is 0.324 e. The van der Waals surface area contributed by atoms with Gasteiger partial charge in [0, 0.05) is 24.3 Å². The number of benzene rings is 1. The average Bonchev–Trinajstić information content (AvgIpc) is 3.33. The molecule has 4 amide bonds. The Bertz CT molecular complexity index is 917. The van der Waals surface area contributed by atoms with Crippen molar-refractivity contribution >= 4 is 17.8 Å². The van der Waals surface area contributed by atoms with Crippen molar-refractivity contribution in [3.05, 3.63) is 46.8 Å². The summed E-state index contributed by atoms with van der Waals surface area (Å²) in [4.78, 5) is 36.9. The number of amides is 4. The van der Waals surface area contributed by atoms with E-state index in [0.29, 0.717) is 5.69 Å². The smallest absolute Gasteiger partial charge is 0.324 e. The Hall–Kier alpha value is -3.16. The molecule has 140 valence electrons. The molecule has 8 nitrogen and oxygen atoms in total. The molecular formula is C19H21N5O3. The summed E-state index contributed by atoms with van der Waals surface area (Å²) in [6.07, 6.45) is 2.73. The number of nitrogens with zero attached hydrogens (tertiary/aromatic N) is 3. The lowest BCUT2D eigenvalue weighted by Gasteiger charge is -2.12. The Balaban J connectivity index is 1.51. The van der Waals surface area contributed by atoms with Crippen molar-refractivity contribution in [1.82, 2.24) is 25.3 Å². The first-order valence-electron chi connectivity index (χ1n) is 9.09. The normalized spacial score (nSPS) is 15.8. The molecule has 2 aliphatic rings. The van der Waals surface area contributed by atoms with Gasteiger partial charge in [0.2, 0.25) is 5.91 Å². The van der Waals surface area contributed by atoms with Gasteiger partial charge in [0.15, 0.2) is 5.69 Å². The van der Waals surface area contributed by atoms with Gasteiger partial charge in [0.05, 0.1) is 12.2 Å². The first kappa shape index (κ1) is 17.3. The molecule has 0 atom stereocenters. The second-order valence-electron chi connectivity index (χ2n) is 6.79. The van der Waals surface area contributed by atoms with Crippen LogP contribution in [0.4, 0.5) is 4.79 Å². The summed E-state index contributed by atoms with van der Waals surface area (Å²) < 4.78 is 1.88. The lowest BCUT2D eigenvalue weighted by Crippen LogP contribution is -2.39. The summed E-state index contributed by atoms with van der Waals surface area (Å²) in [5.74, 6) is -0.550. The average molecular weight is 367 g/mol. The molecule has 4 rings (SSSR count). The molecule has 1 aromatic carbocycles. The van der Waals surface area contributed by atoms with E-state index in [1.807, 2.05) is 35.9 Å². The molecule has 1 aliphatic carbocycles. The Morgan fingerprint density at radius 2 is 2.07 bits per heavy atom. The molecule has 1 fully saturated rings. The number of hydrogen-bond acceptors (Lipinski definition) is 4. The molecule has 27 heavy (non-hydrogen) atoms. The van der Waals surface area contributed by atoms with Crippen molar-refractivity contribution in [2.24, 2.45) is 0 Å². The summed E-state index contributed by atoms with van der Waals surface area (Å²) >= 11 is 0. The van der Waals surface area contributed by atoms with E-state index in [9.17, 15) is 14.4 Å². The lowest BCUT2D eigenvalue weighted by molar-refractivity contribution is -0.124. The van der Waals surface area contributed by atoms with Crippen LogP contribution in [0, 0.1) is 6.92 Å². The van der Waals surface area contributed by atoms with Crippen LogP contribution in [0.1, 0.15) is 33.7 Å². The number of nitrogens with one attached hydrogen (secondary N) is 2. The van der Waals surface area contributed by atoms with Crippen LogP contribution in [0.3, 0.4) is 0 Å². The molecular weight excluding hydrogens is 346 g/mol. The predicted octanol–water partition coefficient (Wildman–Crippen LogP) is 0.951. The van der Waals surface area contributed by atoms with E-state index >= 15 is 0 Å². The number of hydrogen-bond donors (Lipinski definition) is 2. The SMILES string of the molecule is Cc1ccccc1-n1nc(C(=O)NCCN2C(=O)CNC2=O)c2c1CCC2. The van der Waals surface area contributed by atoms with Crippen LogP contribution >= 0.6 is 0 Å². The maximum atomic E-state index is 12.7. The predicted molar refractivity (Wildman–Crippen MR) is 97.8 cm³/mol. The molecule has 0 saturated carbocycles. The molecule has 8 heteroatoms. The van der Waals surface area contributed by atoms with Crippen molar-refractivity contribution < 1.29 is 14.4 Å². The van der Waals surface area contributed by atoms with E-state index < -0.39 is 6.03 Å². The fraction of sp³-hybridized carbons (Fsp3) is 0.368. The number of aryl methyl sites for hydroxylation is 1. The minimum atomic E-state index is -0.418. The highest BCUT2D eigenvalue weighted by molar-refractivity contribution is 6.02. The van der Waals surface area contributed by atoms with Gasteiger partial charge in [-0.1, -0.05) is 18.2 Å². The van der Waals surface area contributed by atoms with Gasteiger partial charge in [-0.05, 0) is 37.8 Å². The number of imide groups is 1. The maximum absolute atomic E-state index is 12.7. The molecule has 2 heterocycles. The zero-order valence-electron chi connectivity index (χ0n) is 15.1. The van der Waals surface area contributed by atoms with Crippen LogP contribution in [0.25, 0.3) is 5.69 Å². The van der Waals surface area contributed by atoms with Gasteiger partial charge < -0.3 is 10.6 Å². The fourth-order valence-electron chi connectivity index (χ4n) is 3.67. The van der Waals surface area contributed by atoms with Crippen LogP contribution in [-0.2, 0) is 17.6 Å². The Labute approximate surface area is 156 Å². The molecule has 0 spiro atoms. The molecule has 0 bridgehead atoms. The van der Waals surface area contributed by atoms with Crippen molar-refractivity contribution in [2.45, 2.75) is 26.2 Å². The third-order valence-corrected chi connectivity index (χ3v) is 5.05. The fourth-order valence-corrected chi connectivity index (χ4v) is 3.67. The van der Waals surface area contributed by atoms with Gasteiger partial charge in [-0.25, -0.2) is 9.48 Å². The topological polar surface area (TPSA) is 96.3 Å². The third kappa shape index (κ3) is 3.07. The van der Waals surface area contributed by atoms with E-state index in [1.165, 1.54) is 0 Å².